The van der Waals surface area contributed by atoms with Gasteiger partial charge in [0.1, 0.15) is 0 Å². The predicted octanol–water partition coefficient (Wildman–Crippen LogP) is 3.22. The molecule has 0 bridgehead atoms. The lowest BCUT2D eigenvalue weighted by molar-refractivity contribution is 0.781. The van der Waals surface area contributed by atoms with Crippen LogP contribution in [0.4, 0.5) is 0 Å². The largest absolute Gasteiger partial charge is 0.122 e. The molecule has 0 saturated carbocycles. The van der Waals surface area contributed by atoms with Crippen LogP contribution < -0.4 is 0 Å². The average Bonchev–Trinajstić information content (AvgIpc) is 2.11. The van der Waals surface area contributed by atoms with E-state index in [9.17, 15) is 0 Å². The standard InChI is InChI=1S/C9H14S/c1-6(2)9-7(3)5-10-8(9)4/h6H,4-5H2,1-3H3. The van der Waals surface area contributed by atoms with Crippen LogP contribution in [-0.2, 0) is 0 Å². The van der Waals surface area contributed by atoms with Gasteiger partial charge < -0.3 is 0 Å². The van der Waals surface area contributed by atoms with Gasteiger partial charge in [-0.1, -0.05) is 26.0 Å². The first-order chi connectivity index (χ1) is 4.63. The van der Waals surface area contributed by atoms with Crippen molar-refractivity contribution in [2.75, 3.05) is 5.75 Å². The molecule has 0 aromatic rings. The first-order valence-corrected chi connectivity index (χ1v) is 4.63. The van der Waals surface area contributed by atoms with Crippen molar-refractivity contribution in [1.29, 1.82) is 0 Å². The Morgan fingerprint density at radius 3 is 2.30 bits per heavy atom. The van der Waals surface area contributed by atoms with Gasteiger partial charge in [-0.05, 0) is 18.4 Å². The molecule has 0 spiro atoms. The molecule has 0 fully saturated rings. The Labute approximate surface area is 67.4 Å². The summed E-state index contributed by atoms with van der Waals surface area (Å²) < 4.78 is 0. The Bertz CT molecular complexity index is 187. The van der Waals surface area contributed by atoms with Gasteiger partial charge in [0, 0.05) is 10.7 Å². The van der Waals surface area contributed by atoms with Crippen molar-refractivity contribution in [3.05, 3.63) is 22.6 Å². The van der Waals surface area contributed by atoms with Crippen LogP contribution in [-0.4, -0.2) is 5.75 Å². The van der Waals surface area contributed by atoms with Gasteiger partial charge >= 0.3 is 0 Å². The van der Waals surface area contributed by atoms with Gasteiger partial charge in [0.15, 0.2) is 0 Å². The number of hydrogen-bond donors (Lipinski definition) is 0. The van der Waals surface area contributed by atoms with Crippen molar-refractivity contribution in [3.63, 3.8) is 0 Å². The maximum absolute atomic E-state index is 4.01. The number of allylic oxidation sites excluding steroid dienone is 1. The lowest BCUT2D eigenvalue weighted by Gasteiger charge is -2.07. The molecular formula is C9H14S. The van der Waals surface area contributed by atoms with E-state index in [2.05, 4.69) is 27.4 Å². The molecule has 0 aromatic heterocycles. The number of rotatable bonds is 1. The van der Waals surface area contributed by atoms with E-state index in [0.29, 0.717) is 5.92 Å². The fourth-order valence-corrected chi connectivity index (χ4v) is 2.52. The summed E-state index contributed by atoms with van der Waals surface area (Å²) in [6, 6.07) is 0. The summed E-state index contributed by atoms with van der Waals surface area (Å²) in [5.74, 6) is 1.81. The van der Waals surface area contributed by atoms with Crippen LogP contribution in [0.1, 0.15) is 20.8 Å². The summed E-state index contributed by atoms with van der Waals surface area (Å²) in [5.41, 5.74) is 3.01. The van der Waals surface area contributed by atoms with E-state index in [1.54, 1.807) is 0 Å². The van der Waals surface area contributed by atoms with E-state index in [1.807, 2.05) is 11.8 Å². The van der Waals surface area contributed by atoms with E-state index in [-0.39, 0.29) is 0 Å². The second kappa shape index (κ2) is 2.83. The van der Waals surface area contributed by atoms with Gasteiger partial charge in [-0.2, -0.15) is 0 Å². The fourth-order valence-electron chi connectivity index (χ4n) is 1.40. The van der Waals surface area contributed by atoms with E-state index in [1.165, 1.54) is 16.1 Å². The summed E-state index contributed by atoms with van der Waals surface area (Å²) in [6.07, 6.45) is 0. The molecule has 1 rings (SSSR count). The Balaban J connectivity index is 2.88. The normalized spacial score (nSPS) is 19.4. The predicted molar refractivity (Wildman–Crippen MR) is 49.1 cm³/mol. The van der Waals surface area contributed by atoms with Crippen LogP contribution in [0.3, 0.4) is 0 Å². The molecule has 1 aliphatic heterocycles. The SMILES string of the molecule is C=C1SCC(C)=C1C(C)C. The third-order valence-corrected chi connectivity index (χ3v) is 2.95. The molecule has 1 heterocycles. The second-order valence-electron chi connectivity index (χ2n) is 3.06. The molecule has 0 unspecified atom stereocenters. The van der Waals surface area contributed by atoms with Gasteiger partial charge in [0.25, 0.3) is 0 Å². The molecule has 0 radical (unpaired) electrons. The molecule has 0 nitrogen and oxygen atoms in total. The van der Waals surface area contributed by atoms with E-state index in [0.717, 1.165) is 5.75 Å². The van der Waals surface area contributed by atoms with Crippen molar-refractivity contribution in [2.45, 2.75) is 20.8 Å². The second-order valence-corrected chi connectivity index (χ2v) is 4.13. The summed E-state index contributed by atoms with van der Waals surface area (Å²) in [6.45, 7) is 10.7. The maximum Gasteiger partial charge on any atom is 0.0194 e. The smallest absolute Gasteiger partial charge is 0.0194 e. The van der Waals surface area contributed by atoms with Crippen molar-refractivity contribution >= 4 is 11.8 Å². The lowest BCUT2D eigenvalue weighted by atomic mass is 9.99. The number of thioether (sulfide) groups is 1. The molecule has 0 N–H and O–H groups in total. The van der Waals surface area contributed by atoms with Crippen molar-refractivity contribution in [3.8, 4) is 0 Å². The van der Waals surface area contributed by atoms with Crippen molar-refractivity contribution in [1.82, 2.24) is 0 Å². The first kappa shape index (κ1) is 7.93. The monoisotopic (exact) mass is 154 g/mol. The Hall–Kier alpha value is -0.170. The molecule has 1 aliphatic rings. The van der Waals surface area contributed by atoms with Gasteiger partial charge in [-0.15, -0.1) is 11.8 Å². The summed E-state index contributed by atoms with van der Waals surface area (Å²) in [4.78, 5) is 1.28. The molecule has 0 saturated heterocycles. The van der Waals surface area contributed by atoms with Crippen LogP contribution in [0.15, 0.2) is 22.6 Å². The highest BCUT2D eigenvalue weighted by atomic mass is 32.2. The molecule has 0 aromatic carbocycles. The third-order valence-electron chi connectivity index (χ3n) is 1.80. The lowest BCUT2D eigenvalue weighted by Crippen LogP contribution is -1.93. The Morgan fingerprint density at radius 2 is 2.10 bits per heavy atom. The van der Waals surface area contributed by atoms with Crippen LogP contribution in [0.5, 0.6) is 0 Å². The zero-order chi connectivity index (χ0) is 7.72. The van der Waals surface area contributed by atoms with Crippen LogP contribution in [0.25, 0.3) is 0 Å². The summed E-state index contributed by atoms with van der Waals surface area (Å²) in [5, 5.41) is 0. The molecular weight excluding hydrogens is 140 g/mol. The summed E-state index contributed by atoms with van der Waals surface area (Å²) >= 11 is 1.87. The minimum atomic E-state index is 0.655. The van der Waals surface area contributed by atoms with Gasteiger partial charge in [-0.3, -0.25) is 0 Å². The topological polar surface area (TPSA) is 0 Å². The van der Waals surface area contributed by atoms with Crippen molar-refractivity contribution in [2.24, 2.45) is 5.92 Å². The zero-order valence-corrected chi connectivity index (χ0v) is 7.72. The van der Waals surface area contributed by atoms with Crippen LogP contribution in [0, 0.1) is 5.92 Å². The molecule has 0 aliphatic carbocycles. The molecule has 1 heteroatoms. The van der Waals surface area contributed by atoms with E-state index < -0.39 is 0 Å². The maximum atomic E-state index is 4.01. The highest BCUT2D eigenvalue weighted by Crippen LogP contribution is 2.38. The molecule has 0 amide bonds. The molecule has 56 valence electrons. The van der Waals surface area contributed by atoms with Crippen LogP contribution >= 0.6 is 11.8 Å². The summed E-state index contributed by atoms with van der Waals surface area (Å²) in [7, 11) is 0. The van der Waals surface area contributed by atoms with Gasteiger partial charge in [0.2, 0.25) is 0 Å². The highest BCUT2D eigenvalue weighted by molar-refractivity contribution is 8.03. The van der Waals surface area contributed by atoms with Gasteiger partial charge in [0.05, 0.1) is 0 Å². The van der Waals surface area contributed by atoms with Gasteiger partial charge in [-0.25, -0.2) is 0 Å². The Morgan fingerprint density at radius 1 is 1.50 bits per heavy atom. The minimum Gasteiger partial charge on any atom is -0.122 e. The fraction of sp³-hybridized carbons (Fsp3) is 0.556. The van der Waals surface area contributed by atoms with E-state index >= 15 is 0 Å². The minimum absolute atomic E-state index is 0.655. The molecule has 0 atom stereocenters. The van der Waals surface area contributed by atoms with E-state index in [4.69, 9.17) is 0 Å². The quantitative estimate of drug-likeness (QED) is 0.559. The third kappa shape index (κ3) is 1.29. The van der Waals surface area contributed by atoms with Crippen LogP contribution in [0.2, 0.25) is 0 Å². The average molecular weight is 154 g/mol. The Kier molecular flexibility index (Phi) is 2.24. The highest BCUT2D eigenvalue weighted by Gasteiger charge is 2.17. The van der Waals surface area contributed by atoms with Crippen molar-refractivity contribution < 1.29 is 0 Å². The zero-order valence-electron chi connectivity index (χ0n) is 6.90. The first-order valence-electron chi connectivity index (χ1n) is 3.64. The molecule has 10 heavy (non-hydrogen) atoms. The number of hydrogen-bond acceptors (Lipinski definition) is 1.